The number of fused-ring (bicyclic) bond motifs is 1. The van der Waals surface area contributed by atoms with Gasteiger partial charge < -0.3 is 14.8 Å². The van der Waals surface area contributed by atoms with E-state index in [1.165, 1.54) is 0 Å². The zero-order chi connectivity index (χ0) is 10.7. The Labute approximate surface area is 93.6 Å². The maximum atomic E-state index is 5.66. The molecule has 1 aliphatic rings. The van der Waals surface area contributed by atoms with Gasteiger partial charge in [0.25, 0.3) is 0 Å². The summed E-state index contributed by atoms with van der Waals surface area (Å²) in [6.07, 6.45) is 0. The summed E-state index contributed by atoms with van der Waals surface area (Å²) in [6.45, 7) is 5.35. The number of ether oxygens (including phenoxy) is 2. The van der Waals surface area contributed by atoms with Crippen LogP contribution < -0.4 is 14.8 Å². The molecule has 2 rings (SSSR count). The number of hydrogen-bond donors (Lipinski definition) is 1. The Morgan fingerprint density at radius 2 is 2.07 bits per heavy atom. The lowest BCUT2D eigenvalue weighted by Crippen LogP contribution is -2.15. The molecule has 0 aliphatic carbocycles. The van der Waals surface area contributed by atoms with Crippen LogP contribution in [0, 0.1) is 0 Å². The van der Waals surface area contributed by atoms with Gasteiger partial charge in [-0.05, 0) is 12.1 Å². The monoisotopic (exact) mass is 225 g/mol. The van der Waals surface area contributed by atoms with Crippen molar-refractivity contribution in [2.24, 2.45) is 0 Å². The van der Waals surface area contributed by atoms with Crippen molar-refractivity contribution in [3.8, 4) is 11.5 Å². The minimum atomic E-state index is 0.543. The minimum absolute atomic E-state index is 0.543. The number of nitrogens with one attached hydrogen (secondary N) is 1. The molecular weight excluding hydrogens is 214 g/mol. The first-order chi connectivity index (χ1) is 7.25. The first-order valence-electron chi connectivity index (χ1n) is 4.72. The topological polar surface area (TPSA) is 30.5 Å². The van der Waals surface area contributed by atoms with Crippen LogP contribution in [-0.4, -0.2) is 19.8 Å². The molecule has 1 aromatic carbocycles. The van der Waals surface area contributed by atoms with Gasteiger partial charge in [-0.1, -0.05) is 18.2 Å². The van der Waals surface area contributed by atoms with Gasteiger partial charge in [0.15, 0.2) is 11.5 Å². The Morgan fingerprint density at radius 1 is 1.33 bits per heavy atom. The van der Waals surface area contributed by atoms with Crippen LogP contribution in [0.3, 0.4) is 0 Å². The fraction of sp³-hybridized carbons (Fsp3) is 0.273. The van der Waals surface area contributed by atoms with Crippen LogP contribution in [0.1, 0.15) is 0 Å². The van der Waals surface area contributed by atoms with Crippen molar-refractivity contribution in [3.63, 3.8) is 0 Å². The highest BCUT2D eigenvalue weighted by molar-refractivity contribution is 6.29. The van der Waals surface area contributed by atoms with Gasteiger partial charge in [-0.3, -0.25) is 0 Å². The fourth-order valence-electron chi connectivity index (χ4n) is 1.35. The van der Waals surface area contributed by atoms with E-state index in [9.17, 15) is 0 Å². The van der Waals surface area contributed by atoms with Gasteiger partial charge in [-0.25, -0.2) is 0 Å². The molecule has 0 bridgehead atoms. The summed E-state index contributed by atoms with van der Waals surface area (Å²) in [5.41, 5.74) is 0.945. The quantitative estimate of drug-likeness (QED) is 0.858. The number of benzene rings is 1. The van der Waals surface area contributed by atoms with E-state index in [0.717, 1.165) is 17.2 Å². The molecule has 1 heterocycles. The number of hydrogen-bond acceptors (Lipinski definition) is 3. The normalized spacial score (nSPS) is 13.4. The van der Waals surface area contributed by atoms with Crippen LogP contribution in [0.4, 0.5) is 5.69 Å². The minimum Gasteiger partial charge on any atom is -0.486 e. The molecule has 0 atom stereocenters. The van der Waals surface area contributed by atoms with E-state index in [1.807, 2.05) is 18.2 Å². The molecule has 0 amide bonds. The van der Waals surface area contributed by atoms with E-state index < -0.39 is 0 Å². The van der Waals surface area contributed by atoms with E-state index in [0.29, 0.717) is 24.8 Å². The predicted octanol–water partition coefficient (Wildman–Crippen LogP) is 2.62. The summed E-state index contributed by atoms with van der Waals surface area (Å²) >= 11 is 5.66. The Hall–Kier alpha value is -1.35. The number of anilines is 1. The molecule has 1 N–H and O–H groups in total. The van der Waals surface area contributed by atoms with Crippen LogP contribution in [0.15, 0.2) is 29.8 Å². The van der Waals surface area contributed by atoms with Crippen molar-refractivity contribution in [2.45, 2.75) is 0 Å². The van der Waals surface area contributed by atoms with Crippen LogP contribution in [-0.2, 0) is 0 Å². The van der Waals surface area contributed by atoms with Crippen molar-refractivity contribution in [1.29, 1.82) is 0 Å². The second-order valence-corrected chi connectivity index (χ2v) is 3.76. The van der Waals surface area contributed by atoms with Crippen molar-refractivity contribution in [1.82, 2.24) is 0 Å². The number of rotatable bonds is 3. The first kappa shape index (κ1) is 10.2. The standard InChI is InChI=1S/C11H12ClNO2/c1-8(12)7-13-9-2-3-10-11(6-9)15-5-4-14-10/h2-3,6,13H,1,4-5,7H2. The zero-order valence-electron chi connectivity index (χ0n) is 8.25. The largest absolute Gasteiger partial charge is 0.486 e. The third kappa shape index (κ3) is 2.57. The molecule has 0 spiro atoms. The average molecular weight is 226 g/mol. The average Bonchev–Trinajstić information content (AvgIpc) is 2.26. The highest BCUT2D eigenvalue weighted by Gasteiger charge is 2.11. The molecule has 15 heavy (non-hydrogen) atoms. The first-order valence-corrected chi connectivity index (χ1v) is 5.10. The molecule has 0 fully saturated rings. The van der Waals surface area contributed by atoms with Gasteiger partial charge >= 0.3 is 0 Å². The summed E-state index contributed by atoms with van der Waals surface area (Å²) in [5.74, 6) is 1.56. The lowest BCUT2D eigenvalue weighted by Gasteiger charge is -2.19. The van der Waals surface area contributed by atoms with Crippen molar-refractivity contribution in [2.75, 3.05) is 25.1 Å². The summed E-state index contributed by atoms with van der Waals surface area (Å²) < 4.78 is 10.9. The lowest BCUT2D eigenvalue weighted by molar-refractivity contribution is 0.171. The third-order valence-electron chi connectivity index (χ3n) is 2.03. The molecule has 0 aromatic heterocycles. The van der Waals surface area contributed by atoms with Crippen molar-refractivity contribution < 1.29 is 9.47 Å². The van der Waals surface area contributed by atoms with E-state index >= 15 is 0 Å². The van der Waals surface area contributed by atoms with E-state index in [2.05, 4.69) is 11.9 Å². The van der Waals surface area contributed by atoms with Crippen molar-refractivity contribution >= 4 is 17.3 Å². The van der Waals surface area contributed by atoms with E-state index in [-0.39, 0.29) is 0 Å². The van der Waals surface area contributed by atoms with Gasteiger partial charge in [0, 0.05) is 16.8 Å². The van der Waals surface area contributed by atoms with Gasteiger partial charge in [-0.2, -0.15) is 0 Å². The maximum absolute atomic E-state index is 5.66. The van der Waals surface area contributed by atoms with Crippen molar-refractivity contribution in [3.05, 3.63) is 29.8 Å². The van der Waals surface area contributed by atoms with Crippen LogP contribution in [0.25, 0.3) is 0 Å². The molecule has 3 nitrogen and oxygen atoms in total. The summed E-state index contributed by atoms with van der Waals surface area (Å²) in [6, 6.07) is 5.70. The molecule has 0 saturated carbocycles. The van der Waals surface area contributed by atoms with Crippen LogP contribution >= 0.6 is 11.6 Å². The molecule has 0 unspecified atom stereocenters. The lowest BCUT2D eigenvalue weighted by atomic mass is 10.2. The van der Waals surface area contributed by atoms with E-state index in [4.69, 9.17) is 21.1 Å². The molecule has 0 radical (unpaired) electrons. The maximum Gasteiger partial charge on any atom is 0.163 e. The third-order valence-corrected chi connectivity index (χ3v) is 2.16. The summed E-state index contributed by atoms with van der Waals surface area (Å²) in [4.78, 5) is 0. The SMILES string of the molecule is C=C(Cl)CNc1ccc2c(c1)OCCO2. The number of halogens is 1. The molecule has 0 saturated heterocycles. The van der Waals surface area contributed by atoms with Gasteiger partial charge in [0.1, 0.15) is 13.2 Å². The second kappa shape index (κ2) is 4.45. The summed E-state index contributed by atoms with van der Waals surface area (Å²) in [5, 5.41) is 3.70. The van der Waals surface area contributed by atoms with Gasteiger partial charge in [0.2, 0.25) is 0 Å². The molecule has 80 valence electrons. The smallest absolute Gasteiger partial charge is 0.163 e. The molecule has 1 aliphatic heterocycles. The van der Waals surface area contributed by atoms with Gasteiger partial charge in [0.05, 0.1) is 6.54 Å². The van der Waals surface area contributed by atoms with E-state index in [1.54, 1.807) is 0 Å². The Kier molecular flexibility index (Phi) is 3.02. The molecule has 4 heteroatoms. The zero-order valence-corrected chi connectivity index (χ0v) is 9.01. The Morgan fingerprint density at radius 3 is 2.80 bits per heavy atom. The Bertz CT molecular complexity index is 379. The second-order valence-electron chi connectivity index (χ2n) is 3.23. The van der Waals surface area contributed by atoms with Gasteiger partial charge in [-0.15, -0.1) is 0 Å². The fourth-order valence-corrected chi connectivity index (χ4v) is 1.42. The summed E-state index contributed by atoms with van der Waals surface area (Å²) in [7, 11) is 0. The predicted molar refractivity (Wildman–Crippen MR) is 60.9 cm³/mol. The highest BCUT2D eigenvalue weighted by Crippen LogP contribution is 2.32. The van der Waals surface area contributed by atoms with Crippen LogP contribution in [0.5, 0.6) is 11.5 Å². The molecular formula is C11H12ClNO2. The Balaban J connectivity index is 2.10. The highest BCUT2D eigenvalue weighted by atomic mass is 35.5. The molecule has 1 aromatic rings. The van der Waals surface area contributed by atoms with Crippen LogP contribution in [0.2, 0.25) is 0 Å².